The van der Waals surface area contributed by atoms with E-state index in [4.69, 9.17) is 22.1 Å². The van der Waals surface area contributed by atoms with Crippen molar-refractivity contribution in [1.29, 1.82) is 0 Å². The number of anilines is 1. The van der Waals surface area contributed by atoms with Crippen LogP contribution in [0.25, 0.3) is 0 Å². The van der Waals surface area contributed by atoms with Gasteiger partial charge in [0.1, 0.15) is 11.6 Å². The van der Waals surface area contributed by atoms with Crippen molar-refractivity contribution < 1.29 is 9.13 Å². The van der Waals surface area contributed by atoms with Crippen molar-refractivity contribution in [2.45, 2.75) is 13.0 Å². The fourth-order valence-corrected chi connectivity index (χ4v) is 2.45. The van der Waals surface area contributed by atoms with E-state index in [-0.39, 0.29) is 11.9 Å². The number of rotatable bonds is 5. The van der Waals surface area contributed by atoms with E-state index in [1.54, 1.807) is 25.3 Å². The SMILES string of the molecule is COc1ccc(F)c(NC(CN)c2ccc(Cl)cc2C)c1. The third-order valence-corrected chi connectivity index (χ3v) is 3.58. The number of ether oxygens (including phenoxy) is 1. The molecule has 2 rings (SSSR count). The largest absolute Gasteiger partial charge is 0.497 e. The summed E-state index contributed by atoms with van der Waals surface area (Å²) in [4.78, 5) is 0. The number of halogens is 2. The second-order valence-corrected chi connectivity index (χ2v) is 5.22. The molecule has 0 fully saturated rings. The molecule has 0 aliphatic carbocycles. The summed E-state index contributed by atoms with van der Waals surface area (Å²) in [7, 11) is 1.54. The Morgan fingerprint density at radius 3 is 2.67 bits per heavy atom. The molecule has 3 N–H and O–H groups in total. The normalized spacial score (nSPS) is 12.0. The Hall–Kier alpha value is -1.78. The third-order valence-electron chi connectivity index (χ3n) is 3.35. The van der Waals surface area contributed by atoms with E-state index in [1.165, 1.54) is 6.07 Å². The second-order valence-electron chi connectivity index (χ2n) is 4.78. The lowest BCUT2D eigenvalue weighted by molar-refractivity contribution is 0.414. The van der Waals surface area contributed by atoms with E-state index in [1.807, 2.05) is 19.1 Å². The predicted octanol–water partition coefficient (Wildman–Crippen LogP) is 3.91. The second kappa shape index (κ2) is 6.78. The van der Waals surface area contributed by atoms with Crippen molar-refractivity contribution in [1.82, 2.24) is 0 Å². The number of nitrogens with two attached hydrogens (primary N) is 1. The van der Waals surface area contributed by atoms with Crippen molar-refractivity contribution in [3.63, 3.8) is 0 Å². The first-order chi connectivity index (χ1) is 10.0. The van der Waals surface area contributed by atoms with Gasteiger partial charge in [0.2, 0.25) is 0 Å². The first-order valence-corrected chi connectivity index (χ1v) is 6.99. The van der Waals surface area contributed by atoms with Gasteiger partial charge in [0.05, 0.1) is 18.8 Å². The number of hydrogen-bond acceptors (Lipinski definition) is 3. The van der Waals surface area contributed by atoms with E-state index in [0.29, 0.717) is 23.0 Å². The molecule has 0 aliphatic heterocycles. The highest BCUT2D eigenvalue weighted by atomic mass is 35.5. The highest BCUT2D eigenvalue weighted by Crippen LogP contribution is 2.27. The van der Waals surface area contributed by atoms with Crippen LogP contribution in [0.3, 0.4) is 0 Å². The molecule has 1 unspecified atom stereocenters. The van der Waals surface area contributed by atoms with Gasteiger partial charge in [0.25, 0.3) is 0 Å². The minimum Gasteiger partial charge on any atom is -0.497 e. The molecular weight excluding hydrogens is 291 g/mol. The summed E-state index contributed by atoms with van der Waals surface area (Å²) in [5.74, 6) is 0.239. The summed E-state index contributed by atoms with van der Waals surface area (Å²) in [6.45, 7) is 2.28. The molecule has 3 nitrogen and oxygen atoms in total. The van der Waals surface area contributed by atoms with Crippen molar-refractivity contribution >= 4 is 17.3 Å². The zero-order chi connectivity index (χ0) is 15.4. The van der Waals surface area contributed by atoms with Crippen LogP contribution in [0.5, 0.6) is 5.75 Å². The topological polar surface area (TPSA) is 47.3 Å². The van der Waals surface area contributed by atoms with Crippen LogP contribution in [-0.2, 0) is 0 Å². The molecule has 112 valence electrons. The molecule has 5 heteroatoms. The monoisotopic (exact) mass is 308 g/mol. The smallest absolute Gasteiger partial charge is 0.146 e. The molecule has 0 saturated carbocycles. The average molecular weight is 309 g/mol. The maximum atomic E-state index is 13.9. The standard InChI is InChI=1S/C16H18ClFN2O/c1-10-7-11(17)3-5-13(10)16(9-19)20-15-8-12(21-2)4-6-14(15)18/h3-8,16,20H,9,19H2,1-2H3. The van der Waals surface area contributed by atoms with Gasteiger partial charge in [-0.1, -0.05) is 17.7 Å². The molecule has 1 atom stereocenters. The van der Waals surface area contributed by atoms with Crippen LogP contribution in [0, 0.1) is 12.7 Å². The van der Waals surface area contributed by atoms with Gasteiger partial charge in [-0.15, -0.1) is 0 Å². The maximum absolute atomic E-state index is 13.9. The highest BCUT2D eigenvalue weighted by Gasteiger charge is 2.15. The van der Waals surface area contributed by atoms with Gasteiger partial charge in [0.15, 0.2) is 0 Å². The number of benzene rings is 2. The van der Waals surface area contributed by atoms with E-state index in [2.05, 4.69) is 5.32 Å². The summed E-state index contributed by atoms with van der Waals surface area (Å²) in [6, 6.07) is 9.92. The predicted molar refractivity (Wildman–Crippen MR) is 84.6 cm³/mol. The van der Waals surface area contributed by atoms with Crippen LogP contribution in [-0.4, -0.2) is 13.7 Å². The lowest BCUT2D eigenvalue weighted by atomic mass is 10.0. The molecule has 2 aromatic carbocycles. The maximum Gasteiger partial charge on any atom is 0.146 e. The molecule has 2 aromatic rings. The number of aryl methyl sites for hydroxylation is 1. The summed E-state index contributed by atoms with van der Waals surface area (Å²) >= 11 is 5.96. The fraction of sp³-hybridized carbons (Fsp3) is 0.250. The van der Waals surface area contributed by atoms with Gasteiger partial charge in [-0.25, -0.2) is 4.39 Å². The van der Waals surface area contributed by atoms with E-state index in [9.17, 15) is 4.39 Å². The minimum atomic E-state index is -0.346. The zero-order valence-corrected chi connectivity index (χ0v) is 12.7. The molecule has 0 radical (unpaired) electrons. The molecule has 0 spiro atoms. The number of methoxy groups -OCH3 is 1. The van der Waals surface area contributed by atoms with Crippen molar-refractivity contribution in [3.05, 3.63) is 58.4 Å². The Labute approximate surface area is 128 Å². The minimum absolute atomic E-state index is 0.205. The molecule has 0 aliphatic rings. The fourth-order valence-electron chi connectivity index (χ4n) is 2.22. The number of nitrogens with one attached hydrogen (secondary N) is 1. The Morgan fingerprint density at radius 2 is 2.05 bits per heavy atom. The molecular formula is C16H18ClFN2O. The Bertz CT molecular complexity index is 634. The first-order valence-electron chi connectivity index (χ1n) is 6.61. The van der Waals surface area contributed by atoms with Crippen LogP contribution in [0.4, 0.5) is 10.1 Å². The van der Waals surface area contributed by atoms with E-state index in [0.717, 1.165) is 11.1 Å². The molecule has 21 heavy (non-hydrogen) atoms. The van der Waals surface area contributed by atoms with Crippen molar-refractivity contribution in [2.24, 2.45) is 5.73 Å². The van der Waals surface area contributed by atoms with Crippen LogP contribution in [0.2, 0.25) is 5.02 Å². The Morgan fingerprint density at radius 1 is 1.29 bits per heavy atom. The zero-order valence-electron chi connectivity index (χ0n) is 12.0. The van der Waals surface area contributed by atoms with Crippen LogP contribution < -0.4 is 15.8 Å². The molecule has 0 heterocycles. The summed E-state index contributed by atoms with van der Waals surface area (Å²) in [5, 5.41) is 3.79. The van der Waals surface area contributed by atoms with Crippen molar-refractivity contribution in [2.75, 3.05) is 19.0 Å². The quantitative estimate of drug-likeness (QED) is 0.880. The number of hydrogen-bond donors (Lipinski definition) is 2. The molecule has 0 amide bonds. The van der Waals surface area contributed by atoms with Gasteiger partial charge < -0.3 is 15.8 Å². The molecule has 0 bridgehead atoms. The van der Waals surface area contributed by atoms with Crippen LogP contribution in [0.15, 0.2) is 36.4 Å². The Balaban J connectivity index is 2.30. The van der Waals surface area contributed by atoms with Gasteiger partial charge >= 0.3 is 0 Å². The average Bonchev–Trinajstić information content (AvgIpc) is 2.47. The first kappa shape index (κ1) is 15.6. The summed E-state index contributed by atoms with van der Waals surface area (Å²) in [5.41, 5.74) is 8.19. The highest BCUT2D eigenvalue weighted by molar-refractivity contribution is 6.30. The summed E-state index contributed by atoms with van der Waals surface area (Å²) < 4.78 is 19.0. The lowest BCUT2D eigenvalue weighted by Gasteiger charge is -2.21. The van der Waals surface area contributed by atoms with Gasteiger partial charge in [-0.05, 0) is 42.3 Å². The summed E-state index contributed by atoms with van der Waals surface area (Å²) in [6.07, 6.45) is 0. The van der Waals surface area contributed by atoms with Crippen LogP contribution in [0.1, 0.15) is 17.2 Å². The van der Waals surface area contributed by atoms with Gasteiger partial charge in [-0.2, -0.15) is 0 Å². The van der Waals surface area contributed by atoms with E-state index >= 15 is 0 Å². The Kier molecular flexibility index (Phi) is 5.04. The molecule has 0 saturated heterocycles. The van der Waals surface area contributed by atoms with E-state index < -0.39 is 0 Å². The molecule has 0 aromatic heterocycles. The van der Waals surface area contributed by atoms with Crippen LogP contribution >= 0.6 is 11.6 Å². The van der Waals surface area contributed by atoms with Gasteiger partial charge in [-0.3, -0.25) is 0 Å². The lowest BCUT2D eigenvalue weighted by Crippen LogP contribution is -2.22. The third kappa shape index (κ3) is 3.65. The van der Waals surface area contributed by atoms with Gasteiger partial charge in [0, 0.05) is 17.6 Å². The van der Waals surface area contributed by atoms with Crippen molar-refractivity contribution in [3.8, 4) is 5.75 Å².